The van der Waals surface area contributed by atoms with Gasteiger partial charge in [-0.3, -0.25) is 0 Å². The van der Waals surface area contributed by atoms with Gasteiger partial charge in [-0.1, -0.05) is 18.2 Å². The first kappa shape index (κ1) is 14.7. The summed E-state index contributed by atoms with van der Waals surface area (Å²) >= 11 is 1.69. The van der Waals surface area contributed by atoms with Crippen LogP contribution in [-0.4, -0.2) is 15.6 Å². The van der Waals surface area contributed by atoms with Gasteiger partial charge in [0.25, 0.3) is 0 Å². The zero-order valence-corrected chi connectivity index (χ0v) is 13.7. The van der Waals surface area contributed by atoms with Gasteiger partial charge in [-0.15, -0.1) is 11.3 Å². The van der Waals surface area contributed by atoms with E-state index < -0.39 is 0 Å². The van der Waals surface area contributed by atoms with Gasteiger partial charge in [-0.25, -0.2) is 9.97 Å². The average molecular weight is 310 g/mol. The number of nitrogens with zero attached hydrogens (tertiary/aromatic N) is 2. The SMILES string of the molecule is CC(C)(C)Oc1nc2ccccc2nc1/C=C/c1cccs1. The molecule has 0 aliphatic heterocycles. The van der Waals surface area contributed by atoms with Crippen molar-refractivity contribution in [2.24, 2.45) is 0 Å². The molecule has 0 spiro atoms. The van der Waals surface area contributed by atoms with Gasteiger partial charge in [0.2, 0.25) is 5.88 Å². The Kier molecular flexibility index (Phi) is 3.94. The van der Waals surface area contributed by atoms with Crippen LogP contribution in [-0.2, 0) is 0 Å². The summed E-state index contributed by atoms with van der Waals surface area (Å²) in [4.78, 5) is 10.5. The highest BCUT2D eigenvalue weighted by Gasteiger charge is 2.16. The van der Waals surface area contributed by atoms with Gasteiger partial charge >= 0.3 is 0 Å². The van der Waals surface area contributed by atoms with Crippen LogP contribution in [0.2, 0.25) is 0 Å². The fraction of sp³-hybridized carbons (Fsp3) is 0.222. The molecule has 0 aliphatic carbocycles. The highest BCUT2D eigenvalue weighted by atomic mass is 32.1. The lowest BCUT2D eigenvalue weighted by Crippen LogP contribution is -2.24. The Morgan fingerprint density at radius 3 is 2.32 bits per heavy atom. The highest BCUT2D eigenvalue weighted by Crippen LogP contribution is 2.25. The summed E-state index contributed by atoms with van der Waals surface area (Å²) in [7, 11) is 0. The van der Waals surface area contributed by atoms with Crippen LogP contribution in [0.1, 0.15) is 31.3 Å². The van der Waals surface area contributed by atoms with E-state index in [2.05, 4.69) is 21.4 Å². The molecule has 4 heteroatoms. The topological polar surface area (TPSA) is 35.0 Å². The lowest BCUT2D eigenvalue weighted by molar-refractivity contribution is 0.123. The van der Waals surface area contributed by atoms with Gasteiger partial charge in [0.15, 0.2) is 0 Å². The lowest BCUT2D eigenvalue weighted by Gasteiger charge is -2.21. The van der Waals surface area contributed by atoms with Gasteiger partial charge in [0.05, 0.1) is 11.0 Å². The molecule has 0 unspecified atom stereocenters. The van der Waals surface area contributed by atoms with E-state index >= 15 is 0 Å². The largest absolute Gasteiger partial charge is 0.470 e. The number of benzene rings is 1. The van der Waals surface area contributed by atoms with Crippen molar-refractivity contribution < 1.29 is 4.74 Å². The summed E-state index contributed by atoms with van der Waals surface area (Å²) in [5.41, 5.74) is 2.15. The third-order valence-electron chi connectivity index (χ3n) is 2.92. The van der Waals surface area contributed by atoms with Crippen LogP contribution in [0.3, 0.4) is 0 Å². The maximum Gasteiger partial charge on any atom is 0.241 e. The van der Waals surface area contributed by atoms with Crippen LogP contribution in [0.25, 0.3) is 23.2 Å². The molecule has 3 rings (SSSR count). The van der Waals surface area contributed by atoms with E-state index in [1.54, 1.807) is 11.3 Å². The first-order chi connectivity index (χ1) is 10.5. The molecular weight excluding hydrogens is 292 g/mol. The normalized spacial score (nSPS) is 12.1. The van der Waals surface area contributed by atoms with E-state index in [0.29, 0.717) is 5.88 Å². The zero-order valence-electron chi connectivity index (χ0n) is 12.9. The molecule has 0 saturated carbocycles. The molecule has 0 N–H and O–H groups in total. The Balaban J connectivity index is 2.06. The Labute approximate surface area is 134 Å². The standard InChI is InChI=1S/C18H18N2OS/c1-18(2,3)21-17-16(11-10-13-7-6-12-22-13)19-14-8-4-5-9-15(14)20-17/h4-12H,1-3H3/b11-10+. The van der Waals surface area contributed by atoms with Crippen molar-refractivity contribution in [3.05, 3.63) is 52.3 Å². The fourth-order valence-electron chi connectivity index (χ4n) is 2.02. The monoisotopic (exact) mass is 310 g/mol. The van der Waals surface area contributed by atoms with E-state index in [0.717, 1.165) is 16.7 Å². The van der Waals surface area contributed by atoms with E-state index in [9.17, 15) is 0 Å². The summed E-state index contributed by atoms with van der Waals surface area (Å²) in [6.45, 7) is 6.03. The van der Waals surface area contributed by atoms with Gasteiger partial charge in [0, 0.05) is 4.88 Å². The molecular formula is C18H18N2OS. The molecule has 0 aliphatic rings. The average Bonchev–Trinajstić information content (AvgIpc) is 2.96. The number of hydrogen-bond acceptors (Lipinski definition) is 4. The summed E-state index contributed by atoms with van der Waals surface area (Å²) in [6.07, 6.45) is 4.01. The highest BCUT2D eigenvalue weighted by molar-refractivity contribution is 7.10. The molecule has 1 aromatic carbocycles. The van der Waals surface area contributed by atoms with Crippen molar-refractivity contribution in [2.45, 2.75) is 26.4 Å². The van der Waals surface area contributed by atoms with E-state index in [4.69, 9.17) is 4.74 Å². The Bertz CT molecular complexity index is 802. The summed E-state index contributed by atoms with van der Waals surface area (Å²) in [5.74, 6) is 0.569. The molecule has 2 heterocycles. The molecule has 0 bridgehead atoms. The van der Waals surface area contributed by atoms with E-state index in [1.807, 2.05) is 63.3 Å². The van der Waals surface area contributed by atoms with E-state index in [1.165, 1.54) is 4.88 Å². The van der Waals surface area contributed by atoms with Crippen LogP contribution in [0.4, 0.5) is 0 Å². The number of hydrogen-bond donors (Lipinski definition) is 0. The molecule has 0 fully saturated rings. The van der Waals surface area contributed by atoms with E-state index in [-0.39, 0.29) is 5.60 Å². The Hall–Kier alpha value is -2.20. The molecule has 0 amide bonds. The van der Waals surface area contributed by atoms with Crippen LogP contribution < -0.4 is 4.74 Å². The third kappa shape index (κ3) is 3.52. The molecule has 2 aromatic heterocycles. The van der Waals surface area contributed by atoms with Crippen molar-refractivity contribution in [3.8, 4) is 5.88 Å². The minimum atomic E-state index is -0.317. The predicted molar refractivity (Wildman–Crippen MR) is 93.2 cm³/mol. The summed E-state index contributed by atoms with van der Waals surface area (Å²) in [6, 6.07) is 11.9. The number of rotatable bonds is 3. The van der Waals surface area contributed by atoms with Crippen molar-refractivity contribution in [1.82, 2.24) is 9.97 Å². The zero-order chi connectivity index (χ0) is 15.6. The van der Waals surface area contributed by atoms with Crippen LogP contribution in [0.5, 0.6) is 5.88 Å². The minimum absolute atomic E-state index is 0.317. The van der Waals surface area contributed by atoms with Crippen LogP contribution in [0, 0.1) is 0 Å². The molecule has 22 heavy (non-hydrogen) atoms. The van der Waals surface area contributed by atoms with Gasteiger partial charge in [-0.05, 0) is 56.5 Å². The number of para-hydroxylation sites is 2. The quantitative estimate of drug-likeness (QED) is 0.680. The molecule has 3 nitrogen and oxygen atoms in total. The second-order valence-corrected chi connectivity index (χ2v) is 6.95. The van der Waals surface area contributed by atoms with Gasteiger partial charge in [0.1, 0.15) is 11.3 Å². The number of ether oxygens (including phenoxy) is 1. The number of thiophene rings is 1. The minimum Gasteiger partial charge on any atom is -0.470 e. The predicted octanol–water partition coefficient (Wildman–Crippen LogP) is 5.04. The number of aromatic nitrogens is 2. The summed E-state index contributed by atoms with van der Waals surface area (Å²) < 4.78 is 5.99. The van der Waals surface area contributed by atoms with Gasteiger partial charge < -0.3 is 4.74 Å². The third-order valence-corrected chi connectivity index (χ3v) is 3.75. The molecule has 0 radical (unpaired) electrons. The smallest absolute Gasteiger partial charge is 0.241 e. The van der Waals surface area contributed by atoms with Crippen molar-refractivity contribution in [1.29, 1.82) is 0 Å². The molecule has 112 valence electrons. The Morgan fingerprint density at radius 1 is 0.955 bits per heavy atom. The number of fused-ring (bicyclic) bond motifs is 1. The van der Waals surface area contributed by atoms with Crippen molar-refractivity contribution in [2.75, 3.05) is 0 Å². The summed E-state index contributed by atoms with van der Waals surface area (Å²) in [5, 5.41) is 2.05. The first-order valence-electron chi connectivity index (χ1n) is 7.19. The second kappa shape index (κ2) is 5.89. The maximum absolute atomic E-state index is 5.99. The molecule has 3 aromatic rings. The maximum atomic E-state index is 5.99. The lowest BCUT2D eigenvalue weighted by atomic mass is 10.2. The Morgan fingerprint density at radius 2 is 1.68 bits per heavy atom. The van der Waals surface area contributed by atoms with Crippen LogP contribution in [0.15, 0.2) is 41.8 Å². The fourth-order valence-corrected chi connectivity index (χ4v) is 2.64. The van der Waals surface area contributed by atoms with Gasteiger partial charge in [-0.2, -0.15) is 0 Å². The van der Waals surface area contributed by atoms with Crippen molar-refractivity contribution in [3.63, 3.8) is 0 Å². The van der Waals surface area contributed by atoms with Crippen molar-refractivity contribution >= 4 is 34.5 Å². The van der Waals surface area contributed by atoms with Crippen LogP contribution >= 0.6 is 11.3 Å². The first-order valence-corrected chi connectivity index (χ1v) is 8.07. The second-order valence-electron chi connectivity index (χ2n) is 5.97. The molecule has 0 atom stereocenters. The molecule has 0 saturated heterocycles.